The Morgan fingerprint density at radius 1 is 1.35 bits per heavy atom. The van der Waals surface area contributed by atoms with E-state index in [-0.39, 0.29) is 12.0 Å². The number of ether oxygens (including phenoxy) is 1. The highest BCUT2D eigenvalue weighted by molar-refractivity contribution is 7.17. The lowest BCUT2D eigenvalue weighted by molar-refractivity contribution is 0.0829. The van der Waals surface area contributed by atoms with Crippen LogP contribution in [0.4, 0.5) is 0 Å². The van der Waals surface area contributed by atoms with Crippen LogP contribution >= 0.6 is 22.9 Å². The average molecular weight is 310 g/mol. The molecule has 0 aliphatic carbocycles. The summed E-state index contributed by atoms with van der Waals surface area (Å²) in [6.07, 6.45) is -0.157. The summed E-state index contributed by atoms with van der Waals surface area (Å²) in [5, 5.41) is 2.88. The minimum absolute atomic E-state index is 0.127. The topological polar surface area (TPSA) is 38.3 Å². The van der Waals surface area contributed by atoms with Crippen LogP contribution in [0.1, 0.15) is 26.9 Å². The number of carbonyl (C=O) groups excluding carboxylic acids is 1. The molecule has 1 aromatic carbocycles. The summed E-state index contributed by atoms with van der Waals surface area (Å²) in [6.45, 7) is 2.46. The molecule has 1 unspecified atom stereocenters. The molecule has 0 fully saturated rings. The molecular formula is C15H16ClNO2S. The maximum absolute atomic E-state index is 12.0. The van der Waals surface area contributed by atoms with Gasteiger partial charge in [0.1, 0.15) is 0 Å². The zero-order valence-electron chi connectivity index (χ0n) is 11.4. The second-order valence-electron chi connectivity index (χ2n) is 4.39. The standard InChI is InChI=1S/C15H16ClNO2S/c1-10-5-3-4-6-11(10)12(19-2)9-17-15(18)13-7-8-14(16)20-13/h3-8,12H,9H2,1-2H3,(H,17,18). The fraction of sp³-hybridized carbons (Fsp3) is 0.267. The van der Waals surface area contributed by atoms with Crippen molar-refractivity contribution in [1.82, 2.24) is 5.32 Å². The van der Waals surface area contributed by atoms with E-state index in [9.17, 15) is 4.79 Å². The zero-order valence-corrected chi connectivity index (χ0v) is 12.9. The molecule has 0 saturated heterocycles. The molecule has 1 atom stereocenters. The van der Waals surface area contributed by atoms with E-state index in [1.807, 2.05) is 31.2 Å². The lowest BCUT2D eigenvalue weighted by Gasteiger charge is -2.18. The lowest BCUT2D eigenvalue weighted by Crippen LogP contribution is -2.28. The van der Waals surface area contributed by atoms with Crippen molar-refractivity contribution in [2.75, 3.05) is 13.7 Å². The van der Waals surface area contributed by atoms with Gasteiger partial charge >= 0.3 is 0 Å². The number of methoxy groups -OCH3 is 1. The third-order valence-corrected chi connectivity index (χ3v) is 4.29. The summed E-state index contributed by atoms with van der Waals surface area (Å²) < 4.78 is 6.08. The van der Waals surface area contributed by atoms with Gasteiger partial charge in [0.2, 0.25) is 0 Å². The van der Waals surface area contributed by atoms with Gasteiger partial charge in [-0.3, -0.25) is 4.79 Å². The molecule has 0 aliphatic heterocycles. The molecule has 1 heterocycles. The van der Waals surface area contributed by atoms with Crippen molar-refractivity contribution in [2.24, 2.45) is 0 Å². The number of aryl methyl sites for hydroxylation is 1. The number of benzene rings is 1. The van der Waals surface area contributed by atoms with Crippen LogP contribution in [-0.4, -0.2) is 19.6 Å². The van der Waals surface area contributed by atoms with Crippen molar-refractivity contribution in [3.05, 3.63) is 56.7 Å². The molecule has 20 heavy (non-hydrogen) atoms. The van der Waals surface area contributed by atoms with Gasteiger partial charge in [0.15, 0.2) is 0 Å². The number of carbonyl (C=O) groups is 1. The molecule has 1 aromatic heterocycles. The third kappa shape index (κ3) is 3.60. The van der Waals surface area contributed by atoms with Crippen molar-refractivity contribution in [1.29, 1.82) is 0 Å². The van der Waals surface area contributed by atoms with Crippen LogP contribution < -0.4 is 5.32 Å². The van der Waals surface area contributed by atoms with Gasteiger partial charge in [-0.05, 0) is 30.2 Å². The van der Waals surface area contributed by atoms with Gasteiger partial charge < -0.3 is 10.1 Å². The smallest absolute Gasteiger partial charge is 0.261 e. The van der Waals surface area contributed by atoms with Crippen LogP contribution in [0.5, 0.6) is 0 Å². The fourth-order valence-electron chi connectivity index (χ4n) is 1.98. The summed E-state index contributed by atoms with van der Waals surface area (Å²) in [7, 11) is 1.64. The van der Waals surface area contributed by atoms with Gasteiger partial charge in [-0.2, -0.15) is 0 Å². The molecule has 3 nitrogen and oxygen atoms in total. The van der Waals surface area contributed by atoms with Crippen molar-refractivity contribution in [3.63, 3.8) is 0 Å². The van der Waals surface area contributed by atoms with E-state index in [2.05, 4.69) is 5.32 Å². The van der Waals surface area contributed by atoms with Crippen LogP contribution in [0.2, 0.25) is 4.34 Å². The molecule has 0 spiro atoms. The van der Waals surface area contributed by atoms with E-state index in [4.69, 9.17) is 16.3 Å². The monoisotopic (exact) mass is 309 g/mol. The third-order valence-electron chi connectivity index (χ3n) is 3.06. The Kier molecular flexibility index (Phi) is 5.17. The highest BCUT2D eigenvalue weighted by atomic mass is 35.5. The highest BCUT2D eigenvalue weighted by Crippen LogP contribution is 2.22. The summed E-state index contributed by atoms with van der Waals surface area (Å²) in [4.78, 5) is 12.6. The zero-order chi connectivity index (χ0) is 14.5. The highest BCUT2D eigenvalue weighted by Gasteiger charge is 2.15. The second-order valence-corrected chi connectivity index (χ2v) is 6.11. The first-order valence-corrected chi connectivity index (χ1v) is 7.43. The summed E-state index contributed by atoms with van der Waals surface area (Å²) in [5.74, 6) is -0.127. The van der Waals surface area contributed by atoms with Crippen LogP contribution in [0.15, 0.2) is 36.4 Å². The fourth-order valence-corrected chi connectivity index (χ4v) is 2.94. The molecule has 2 rings (SSSR count). The van der Waals surface area contributed by atoms with Crippen molar-refractivity contribution >= 4 is 28.8 Å². The average Bonchev–Trinajstić information content (AvgIpc) is 2.88. The molecule has 5 heteroatoms. The van der Waals surface area contributed by atoms with E-state index >= 15 is 0 Å². The maximum Gasteiger partial charge on any atom is 0.261 e. The van der Waals surface area contributed by atoms with Crippen LogP contribution in [-0.2, 0) is 4.74 Å². The number of thiophene rings is 1. The van der Waals surface area contributed by atoms with Gasteiger partial charge in [0.25, 0.3) is 5.91 Å². The molecular weight excluding hydrogens is 294 g/mol. The molecule has 0 aliphatic rings. The number of amides is 1. The van der Waals surface area contributed by atoms with Gasteiger partial charge in [0.05, 0.1) is 15.3 Å². The first kappa shape index (κ1) is 15.0. The summed E-state index contributed by atoms with van der Waals surface area (Å²) in [5.41, 5.74) is 2.23. The minimum atomic E-state index is -0.157. The quantitative estimate of drug-likeness (QED) is 0.911. The normalized spacial score (nSPS) is 12.2. The molecule has 2 aromatic rings. The SMILES string of the molecule is COC(CNC(=O)c1ccc(Cl)s1)c1ccccc1C. The van der Waals surface area contributed by atoms with Crippen LogP contribution in [0.3, 0.4) is 0 Å². The van der Waals surface area contributed by atoms with Crippen LogP contribution in [0.25, 0.3) is 0 Å². The number of hydrogen-bond acceptors (Lipinski definition) is 3. The number of halogens is 1. The Labute approximate surface area is 127 Å². The van der Waals surface area contributed by atoms with Gasteiger partial charge in [-0.1, -0.05) is 35.9 Å². The van der Waals surface area contributed by atoms with Crippen molar-refractivity contribution in [2.45, 2.75) is 13.0 Å². The molecule has 1 N–H and O–H groups in total. The molecule has 0 bridgehead atoms. The Morgan fingerprint density at radius 2 is 2.10 bits per heavy atom. The Morgan fingerprint density at radius 3 is 2.70 bits per heavy atom. The van der Waals surface area contributed by atoms with Crippen molar-refractivity contribution < 1.29 is 9.53 Å². The van der Waals surface area contributed by atoms with Gasteiger partial charge in [-0.15, -0.1) is 11.3 Å². The Bertz CT molecular complexity index is 597. The summed E-state index contributed by atoms with van der Waals surface area (Å²) in [6, 6.07) is 11.4. The van der Waals surface area contributed by atoms with E-state index < -0.39 is 0 Å². The lowest BCUT2D eigenvalue weighted by atomic mass is 10.0. The van der Waals surface area contributed by atoms with E-state index in [1.165, 1.54) is 11.3 Å². The van der Waals surface area contributed by atoms with Crippen LogP contribution in [0, 0.1) is 6.92 Å². The Balaban J connectivity index is 2.01. The van der Waals surface area contributed by atoms with Gasteiger partial charge in [0, 0.05) is 13.7 Å². The molecule has 1 amide bonds. The van der Waals surface area contributed by atoms with E-state index in [1.54, 1.807) is 19.2 Å². The predicted octanol–water partition coefficient (Wildman–Crippen LogP) is 3.83. The molecule has 0 radical (unpaired) electrons. The van der Waals surface area contributed by atoms with Gasteiger partial charge in [-0.25, -0.2) is 0 Å². The second kappa shape index (κ2) is 6.88. The largest absolute Gasteiger partial charge is 0.375 e. The number of nitrogens with one attached hydrogen (secondary N) is 1. The summed E-state index contributed by atoms with van der Waals surface area (Å²) >= 11 is 7.09. The Hall–Kier alpha value is -1.36. The minimum Gasteiger partial charge on any atom is -0.375 e. The number of rotatable bonds is 5. The van der Waals surface area contributed by atoms with E-state index in [0.29, 0.717) is 15.8 Å². The number of hydrogen-bond donors (Lipinski definition) is 1. The first-order valence-electron chi connectivity index (χ1n) is 6.23. The van der Waals surface area contributed by atoms with E-state index in [0.717, 1.165) is 11.1 Å². The van der Waals surface area contributed by atoms with Crippen molar-refractivity contribution in [3.8, 4) is 0 Å². The molecule has 0 saturated carbocycles. The first-order chi connectivity index (χ1) is 9.61. The maximum atomic E-state index is 12.0. The molecule has 106 valence electrons. The predicted molar refractivity (Wildman–Crippen MR) is 82.6 cm³/mol.